The maximum Gasteiger partial charge on any atom is 0.315 e. The molecule has 0 saturated carbocycles. The van der Waals surface area contributed by atoms with Gasteiger partial charge in [-0.2, -0.15) is 0 Å². The van der Waals surface area contributed by atoms with Gasteiger partial charge >= 0.3 is 6.03 Å². The molecule has 1 rings (SSSR count). The number of amides is 2. The van der Waals surface area contributed by atoms with Crippen molar-refractivity contribution in [3.05, 3.63) is 29.3 Å². The van der Waals surface area contributed by atoms with Crippen LogP contribution in [0, 0.1) is 12.8 Å². The first kappa shape index (κ1) is 18.3. The summed E-state index contributed by atoms with van der Waals surface area (Å²) in [4.78, 5) is 11.9. The highest BCUT2D eigenvalue weighted by Gasteiger charge is 2.15. The summed E-state index contributed by atoms with van der Waals surface area (Å²) in [5.74, 6) is 1.15. The fourth-order valence-electron chi connectivity index (χ4n) is 2.36. The number of benzene rings is 1. The van der Waals surface area contributed by atoms with Crippen molar-refractivity contribution in [2.45, 2.75) is 46.3 Å². The van der Waals surface area contributed by atoms with Crippen molar-refractivity contribution in [2.75, 3.05) is 13.7 Å². The Balaban J connectivity index is 2.55. The minimum Gasteiger partial charge on any atom is -0.496 e. The number of carbonyl (C=O) groups is 1. The van der Waals surface area contributed by atoms with Crippen LogP contribution >= 0.6 is 0 Å². The molecule has 124 valence electrons. The van der Waals surface area contributed by atoms with E-state index in [9.17, 15) is 9.90 Å². The zero-order valence-electron chi connectivity index (χ0n) is 14.1. The Hall–Kier alpha value is -1.75. The number of ether oxygens (including phenoxy) is 1. The van der Waals surface area contributed by atoms with Crippen LogP contribution in [0.2, 0.25) is 0 Å². The maximum absolute atomic E-state index is 11.9. The summed E-state index contributed by atoms with van der Waals surface area (Å²) in [6, 6.07) is 5.39. The second kappa shape index (κ2) is 8.63. The van der Waals surface area contributed by atoms with E-state index in [2.05, 4.69) is 10.6 Å². The molecule has 0 aliphatic heterocycles. The van der Waals surface area contributed by atoms with E-state index in [1.165, 1.54) is 0 Å². The summed E-state index contributed by atoms with van der Waals surface area (Å²) in [5, 5.41) is 15.3. The van der Waals surface area contributed by atoms with Crippen LogP contribution in [0.3, 0.4) is 0 Å². The molecule has 0 aromatic heterocycles. The third-order valence-electron chi connectivity index (χ3n) is 3.44. The van der Waals surface area contributed by atoms with Gasteiger partial charge in [0.1, 0.15) is 5.75 Å². The van der Waals surface area contributed by atoms with Crippen LogP contribution in [-0.2, 0) is 0 Å². The van der Waals surface area contributed by atoms with Gasteiger partial charge in [0, 0.05) is 12.1 Å². The lowest BCUT2D eigenvalue weighted by Gasteiger charge is -2.19. The van der Waals surface area contributed by atoms with Crippen molar-refractivity contribution in [1.29, 1.82) is 0 Å². The zero-order chi connectivity index (χ0) is 16.7. The molecule has 0 aliphatic carbocycles. The van der Waals surface area contributed by atoms with E-state index >= 15 is 0 Å². The van der Waals surface area contributed by atoms with Crippen molar-refractivity contribution in [1.82, 2.24) is 10.6 Å². The smallest absolute Gasteiger partial charge is 0.315 e. The minimum absolute atomic E-state index is 0.183. The van der Waals surface area contributed by atoms with E-state index in [1.807, 2.05) is 45.9 Å². The number of aliphatic hydroxyl groups excluding tert-OH is 1. The van der Waals surface area contributed by atoms with Crippen molar-refractivity contribution in [2.24, 2.45) is 5.92 Å². The molecule has 1 aromatic carbocycles. The summed E-state index contributed by atoms with van der Waals surface area (Å²) >= 11 is 0. The first-order chi connectivity index (χ1) is 10.3. The maximum atomic E-state index is 11.9. The van der Waals surface area contributed by atoms with Crippen LogP contribution in [-0.4, -0.2) is 30.9 Å². The number of hydrogen-bond donors (Lipinski definition) is 3. The Morgan fingerprint density at radius 1 is 1.32 bits per heavy atom. The molecule has 3 N–H and O–H groups in total. The van der Waals surface area contributed by atoms with E-state index < -0.39 is 6.10 Å². The van der Waals surface area contributed by atoms with Crippen molar-refractivity contribution in [3.63, 3.8) is 0 Å². The molecule has 2 unspecified atom stereocenters. The number of urea groups is 1. The third-order valence-corrected chi connectivity index (χ3v) is 3.44. The minimum atomic E-state index is -0.519. The topological polar surface area (TPSA) is 70.6 Å². The average molecular weight is 308 g/mol. The lowest BCUT2D eigenvalue weighted by atomic mass is 10.0. The highest BCUT2D eigenvalue weighted by Crippen LogP contribution is 2.25. The summed E-state index contributed by atoms with van der Waals surface area (Å²) in [5.41, 5.74) is 2.04. The number of rotatable bonds is 7. The first-order valence-electron chi connectivity index (χ1n) is 7.70. The van der Waals surface area contributed by atoms with Crippen LogP contribution in [0.25, 0.3) is 0 Å². The second-order valence-corrected chi connectivity index (χ2v) is 6.10. The number of aryl methyl sites for hydroxylation is 1. The summed E-state index contributed by atoms with van der Waals surface area (Å²) in [7, 11) is 1.61. The number of carbonyl (C=O) groups excluding carboxylic acids is 1. The van der Waals surface area contributed by atoms with Gasteiger partial charge in [0.2, 0.25) is 0 Å². The molecule has 2 atom stereocenters. The molecule has 0 bridgehead atoms. The van der Waals surface area contributed by atoms with E-state index in [4.69, 9.17) is 4.74 Å². The predicted molar refractivity (Wildman–Crippen MR) is 88.1 cm³/mol. The van der Waals surface area contributed by atoms with Crippen LogP contribution in [0.15, 0.2) is 18.2 Å². The van der Waals surface area contributed by atoms with E-state index in [1.54, 1.807) is 7.11 Å². The van der Waals surface area contributed by atoms with Crippen LogP contribution in [0.5, 0.6) is 5.75 Å². The molecule has 1 aromatic rings. The Morgan fingerprint density at radius 3 is 2.59 bits per heavy atom. The van der Waals surface area contributed by atoms with Crippen LogP contribution < -0.4 is 15.4 Å². The SMILES string of the molecule is COc1ccc(C)cc1C(C)NC(=O)NCC(O)CC(C)C. The molecule has 0 radical (unpaired) electrons. The Bertz CT molecular complexity index is 489. The Labute approximate surface area is 133 Å². The number of aliphatic hydroxyl groups is 1. The van der Waals surface area contributed by atoms with Crippen LogP contribution in [0.1, 0.15) is 44.4 Å². The van der Waals surface area contributed by atoms with Crippen LogP contribution in [0.4, 0.5) is 4.79 Å². The Morgan fingerprint density at radius 2 is 2.00 bits per heavy atom. The number of hydrogen-bond acceptors (Lipinski definition) is 3. The summed E-state index contributed by atoms with van der Waals surface area (Å²) in [6.45, 7) is 8.23. The van der Waals surface area contributed by atoms with Gasteiger partial charge in [-0.15, -0.1) is 0 Å². The molecule has 0 fully saturated rings. The van der Waals surface area contributed by atoms with Crippen molar-refractivity contribution >= 4 is 6.03 Å². The molecule has 0 spiro atoms. The predicted octanol–water partition coefficient (Wildman–Crippen LogP) is 2.77. The molecular formula is C17H28N2O3. The monoisotopic (exact) mass is 308 g/mol. The van der Waals surface area contributed by atoms with Gasteiger partial charge in [0.15, 0.2) is 0 Å². The standard InChI is InChI=1S/C17H28N2O3/c1-11(2)8-14(20)10-18-17(21)19-13(4)15-9-12(3)6-7-16(15)22-5/h6-7,9,11,13-14,20H,8,10H2,1-5H3,(H2,18,19,21). The summed E-state index contributed by atoms with van der Waals surface area (Å²) < 4.78 is 5.33. The second-order valence-electron chi connectivity index (χ2n) is 6.10. The van der Waals surface area contributed by atoms with Crippen molar-refractivity contribution < 1.29 is 14.6 Å². The highest BCUT2D eigenvalue weighted by atomic mass is 16.5. The molecule has 2 amide bonds. The highest BCUT2D eigenvalue weighted by molar-refractivity contribution is 5.74. The molecule has 5 nitrogen and oxygen atoms in total. The van der Waals surface area contributed by atoms with Gasteiger partial charge in [0.05, 0.1) is 19.3 Å². The van der Waals surface area contributed by atoms with Gasteiger partial charge in [0.25, 0.3) is 0 Å². The third kappa shape index (κ3) is 5.93. The van der Waals surface area contributed by atoms with Crippen molar-refractivity contribution in [3.8, 4) is 5.75 Å². The van der Waals surface area contributed by atoms with Gasteiger partial charge in [-0.05, 0) is 32.3 Å². The lowest BCUT2D eigenvalue weighted by molar-refractivity contribution is 0.146. The summed E-state index contributed by atoms with van der Waals surface area (Å²) in [6.07, 6.45) is 0.149. The Kier molecular flexibility index (Phi) is 7.18. The molecular weight excluding hydrogens is 280 g/mol. The molecule has 0 heterocycles. The lowest BCUT2D eigenvalue weighted by Crippen LogP contribution is -2.41. The molecule has 5 heteroatoms. The quantitative estimate of drug-likeness (QED) is 0.725. The molecule has 0 aliphatic rings. The number of methoxy groups -OCH3 is 1. The van der Waals surface area contributed by atoms with E-state index in [-0.39, 0.29) is 18.6 Å². The fourth-order valence-corrected chi connectivity index (χ4v) is 2.36. The van der Waals surface area contributed by atoms with Gasteiger partial charge < -0.3 is 20.5 Å². The van der Waals surface area contributed by atoms with Gasteiger partial charge in [-0.3, -0.25) is 0 Å². The van der Waals surface area contributed by atoms with Gasteiger partial charge in [-0.1, -0.05) is 31.5 Å². The molecule has 0 saturated heterocycles. The largest absolute Gasteiger partial charge is 0.496 e. The fraction of sp³-hybridized carbons (Fsp3) is 0.588. The first-order valence-corrected chi connectivity index (χ1v) is 7.70. The average Bonchev–Trinajstić information content (AvgIpc) is 2.44. The van der Waals surface area contributed by atoms with E-state index in [0.717, 1.165) is 16.9 Å². The van der Waals surface area contributed by atoms with E-state index in [0.29, 0.717) is 12.3 Å². The normalized spacial score (nSPS) is 13.6. The zero-order valence-corrected chi connectivity index (χ0v) is 14.1. The van der Waals surface area contributed by atoms with Gasteiger partial charge in [-0.25, -0.2) is 4.79 Å². The molecule has 22 heavy (non-hydrogen) atoms. The number of nitrogens with one attached hydrogen (secondary N) is 2.